The zero-order valence-corrected chi connectivity index (χ0v) is 11.6. The van der Waals surface area contributed by atoms with Crippen LogP contribution in [0.25, 0.3) is 0 Å². The van der Waals surface area contributed by atoms with Gasteiger partial charge in [0.2, 0.25) is 0 Å². The van der Waals surface area contributed by atoms with Crippen molar-refractivity contribution in [2.45, 2.75) is 45.8 Å². The fourth-order valence-electron chi connectivity index (χ4n) is 3.23. The summed E-state index contributed by atoms with van der Waals surface area (Å²) in [4.78, 5) is 13.5. The van der Waals surface area contributed by atoms with E-state index in [2.05, 4.69) is 25.7 Å². The third-order valence-corrected chi connectivity index (χ3v) is 4.51. The highest BCUT2D eigenvalue weighted by molar-refractivity contribution is 5.71. The van der Waals surface area contributed by atoms with Gasteiger partial charge in [-0.25, -0.2) is 0 Å². The van der Waals surface area contributed by atoms with Crippen molar-refractivity contribution in [3.8, 4) is 0 Å². The molecule has 2 heterocycles. The van der Waals surface area contributed by atoms with Crippen LogP contribution in [-0.4, -0.2) is 47.8 Å². The zero-order chi connectivity index (χ0) is 13.3. The molecule has 0 aromatic carbocycles. The van der Waals surface area contributed by atoms with E-state index in [0.29, 0.717) is 24.6 Å². The smallest absolute Gasteiger partial charge is 0.308 e. The van der Waals surface area contributed by atoms with Gasteiger partial charge in [-0.15, -0.1) is 0 Å². The van der Waals surface area contributed by atoms with Crippen LogP contribution in [0.1, 0.15) is 33.6 Å². The van der Waals surface area contributed by atoms with Gasteiger partial charge in [-0.3, -0.25) is 9.69 Å². The van der Waals surface area contributed by atoms with E-state index in [-0.39, 0.29) is 11.8 Å². The van der Waals surface area contributed by atoms with Crippen molar-refractivity contribution in [1.82, 2.24) is 4.90 Å². The van der Waals surface area contributed by atoms with Crippen molar-refractivity contribution in [2.75, 3.05) is 19.7 Å². The van der Waals surface area contributed by atoms with Gasteiger partial charge in [-0.05, 0) is 24.7 Å². The molecule has 2 aliphatic rings. The molecule has 0 radical (unpaired) electrons. The van der Waals surface area contributed by atoms with Crippen LogP contribution in [0, 0.1) is 17.8 Å². The van der Waals surface area contributed by atoms with Crippen LogP contribution in [0.3, 0.4) is 0 Å². The molecule has 0 aliphatic carbocycles. The van der Waals surface area contributed by atoms with Gasteiger partial charge in [0.1, 0.15) is 0 Å². The normalized spacial score (nSPS) is 38.2. The first-order chi connectivity index (χ1) is 8.49. The van der Waals surface area contributed by atoms with Crippen molar-refractivity contribution in [2.24, 2.45) is 17.8 Å². The summed E-state index contributed by atoms with van der Waals surface area (Å²) < 4.78 is 5.79. The zero-order valence-electron chi connectivity index (χ0n) is 11.6. The Morgan fingerprint density at radius 2 is 2.11 bits per heavy atom. The van der Waals surface area contributed by atoms with Gasteiger partial charge in [-0.2, -0.15) is 0 Å². The second-order valence-corrected chi connectivity index (χ2v) is 6.21. The Morgan fingerprint density at radius 1 is 1.39 bits per heavy atom. The monoisotopic (exact) mass is 255 g/mol. The summed E-state index contributed by atoms with van der Waals surface area (Å²) in [5.74, 6) is -0.0197. The number of carboxylic acids is 1. The van der Waals surface area contributed by atoms with Crippen molar-refractivity contribution in [1.29, 1.82) is 0 Å². The average molecular weight is 255 g/mol. The minimum absolute atomic E-state index is 0.189. The number of rotatable bonds is 3. The molecular formula is C14H25NO3. The number of carbonyl (C=O) groups is 1. The topological polar surface area (TPSA) is 49.8 Å². The second kappa shape index (κ2) is 5.57. The van der Waals surface area contributed by atoms with E-state index in [9.17, 15) is 9.90 Å². The maximum Gasteiger partial charge on any atom is 0.308 e. The molecule has 0 spiro atoms. The number of likely N-dealkylation sites (tertiary alicyclic amines) is 1. The highest BCUT2D eigenvalue weighted by atomic mass is 16.5. The van der Waals surface area contributed by atoms with E-state index in [4.69, 9.17) is 4.74 Å². The summed E-state index contributed by atoms with van der Waals surface area (Å²) in [6, 6.07) is 0.512. The van der Waals surface area contributed by atoms with Crippen molar-refractivity contribution in [3.63, 3.8) is 0 Å². The summed E-state index contributed by atoms with van der Waals surface area (Å²) in [5.41, 5.74) is 0. The number of aliphatic carboxylic acids is 1. The molecule has 4 unspecified atom stereocenters. The SMILES string of the molecule is CC(C)C1CC(N2CC(C)C(C(=O)O)C2)CCO1. The Labute approximate surface area is 109 Å². The maximum atomic E-state index is 11.2. The van der Waals surface area contributed by atoms with Gasteiger partial charge in [-0.1, -0.05) is 20.8 Å². The highest BCUT2D eigenvalue weighted by Crippen LogP contribution is 2.30. The lowest BCUT2D eigenvalue weighted by Crippen LogP contribution is -2.43. The molecule has 18 heavy (non-hydrogen) atoms. The Kier molecular flexibility index (Phi) is 4.28. The largest absolute Gasteiger partial charge is 0.481 e. The van der Waals surface area contributed by atoms with E-state index < -0.39 is 5.97 Å². The van der Waals surface area contributed by atoms with Crippen molar-refractivity contribution < 1.29 is 14.6 Å². The van der Waals surface area contributed by atoms with Crippen LogP contribution in [0.5, 0.6) is 0 Å². The molecule has 0 saturated carbocycles. The van der Waals surface area contributed by atoms with Gasteiger partial charge in [0, 0.05) is 25.7 Å². The predicted octanol–water partition coefficient (Wildman–Crippen LogP) is 1.84. The molecule has 104 valence electrons. The molecule has 4 nitrogen and oxygen atoms in total. The van der Waals surface area contributed by atoms with E-state index >= 15 is 0 Å². The maximum absolute atomic E-state index is 11.2. The molecule has 4 heteroatoms. The van der Waals surface area contributed by atoms with E-state index in [1.807, 2.05) is 0 Å². The van der Waals surface area contributed by atoms with E-state index in [1.165, 1.54) is 0 Å². The van der Waals surface area contributed by atoms with Crippen LogP contribution in [0.4, 0.5) is 0 Å². The molecule has 2 saturated heterocycles. The third kappa shape index (κ3) is 2.86. The quantitative estimate of drug-likeness (QED) is 0.836. The molecule has 0 aromatic rings. The molecule has 2 rings (SSSR count). The molecule has 2 aliphatic heterocycles. The number of hydrogen-bond donors (Lipinski definition) is 1. The van der Waals surface area contributed by atoms with E-state index in [1.54, 1.807) is 0 Å². The van der Waals surface area contributed by atoms with Crippen LogP contribution >= 0.6 is 0 Å². The Hall–Kier alpha value is -0.610. The minimum Gasteiger partial charge on any atom is -0.481 e. The van der Waals surface area contributed by atoms with Gasteiger partial charge in [0.15, 0.2) is 0 Å². The molecule has 4 atom stereocenters. The first-order valence-corrected chi connectivity index (χ1v) is 7.07. The lowest BCUT2D eigenvalue weighted by Gasteiger charge is -2.37. The van der Waals surface area contributed by atoms with Crippen LogP contribution in [0.2, 0.25) is 0 Å². The summed E-state index contributed by atoms with van der Waals surface area (Å²) in [5, 5.41) is 9.19. The molecule has 2 fully saturated rings. The third-order valence-electron chi connectivity index (χ3n) is 4.51. The summed E-state index contributed by atoms with van der Waals surface area (Å²) in [7, 11) is 0. The standard InChI is InChI=1S/C14H25NO3/c1-9(2)13-6-11(4-5-18-13)15-7-10(3)12(8-15)14(16)17/h9-13H,4-8H2,1-3H3,(H,16,17). The Bertz CT molecular complexity index is 305. The molecule has 0 amide bonds. The Balaban J connectivity index is 1.94. The van der Waals surface area contributed by atoms with Gasteiger partial charge >= 0.3 is 5.97 Å². The molecule has 0 aromatic heterocycles. The van der Waals surface area contributed by atoms with Gasteiger partial charge < -0.3 is 9.84 Å². The number of hydrogen-bond acceptors (Lipinski definition) is 3. The lowest BCUT2D eigenvalue weighted by molar-refractivity contribution is -0.142. The molecular weight excluding hydrogens is 230 g/mol. The van der Waals surface area contributed by atoms with Gasteiger partial charge in [0.05, 0.1) is 12.0 Å². The number of carboxylic acid groups (broad SMARTS) is 1. The first-order valence-electron chi connectivity index (χ1n) is 7.07. The summed E-state index contributed by atoms with van der Waals surface area (Å²) in [6.45, 7) is 8.89. The van der Waals surface area contributed by atoms with Crippen molar-refractivity contribution in [3.05, 3.63) is 0 Å². The summed E-state index contributed by atoms with van der Waals surface area (Å²) in [6.07, 6.45) is 2.43. The first kappa shape index (κ1) is 13.8. The fraction of sp³-hybridized carbons (Fsp3) is 0.929. The van der Waals surface area contributed by atoms with Crippen LogP contribution < -0.4 is 0 Å². The number of nitrogens with zero attached hydrogens (tertiary/aromatic N) is 1. The highest BCUT2D eigenvalue weighted by Gasteiger charge is 2.39. The van der Waals surface area contributed by atoms with Crippen molar-refractivity contribution >= 4 is 5.97 Å². The number of ether oxygens (including phenoxy) is 1. The van der Waals surface area contributed by atoms with E-state index in [0.717, 1.165) is 26.0 Å². The minimum atomic E-state index is -0.641. The fourth-order valence-corrected chi connectivity index (χ4v) is 3.23. The Morgan fingerprint density at radius 3 is 2.67 bits per heavy atom. The lowest BCUT2D eigenvalue weighted by atomic mass is 9.94. The molecule has 1 N–H and O–H groups in total. The average Bonchev–Trinajstić information content (AvgIpc) is 2.71. The van der Waals surface area contributed by atoms with Crippen LogP contribution in [-0.2, 0) is 9.53 Å². The molecule has 0 bridgehead atoms. The summed E-state index contributed by atoms with van der Waals surface area (Å²) >= 11 is 0. The van der Waals surface area contributed by atoms with Gasteiger partial charge in [0.25, 0.3) is 0 Å². The predicted molar refractivity (Wildman–Crippen MR) is 69.5 cm³/mol. The van der Waals surface area contributed by atoms with Crippen LogP contribution in [0.15, 0.2) is 0 Å². The second-order valence-electron chi connectivity index (χ2n) is 6.21.